The summed E-state index contributed by atoms with van der Waals surface area (Å²) in [6, 6.07) is 82.6. The Hall–Kier alpha value is -14.4. The maximum Gasteiger partial charge on any atom is 0.416 e. The summed E-state index contributed by atoms with van der Waals surface area (Å²) in [6.07, 6.45) is -5.78. The van der Waals surface area contributed by atoms with Gasteiger partial charge in [-0.2, -0.15) is 57.8 Å². The Morgan fingerprint density at radius 3 is 0.832 bits per heavy atom. The van der Waals surface area contributed by atoms with E-state index < -0.39 is 47.0 Å². The second kappa shape index (κ2) is 43.1. The van der Waals surface area contributed by atoms with Crippen LogP contribution >= 0.6 is 35.3 Å². The van der Waals surface area contributed by atoms with Crippen LogP contribution in [0, 0.1) is 6.92 Å². The van der Waals surface area contributed by atoms with Gasteiger partial charge in [0.25, 0.3) is 0 Å². The normalized spacial score (nSPS) is 11.8. The molecule has 0 saturated carbocycles. The molecule has 8 heterocycles. The van der Waals surface area contributed by atoms with Crippen LogP contribution in [0.2, 0.25) is 0 Å². The summed E-state index contributed by atoms with van der Waals surface area (Å²) in [5.41, 5.74) is 17.0. The first kappa shape index (κ1) is 94.2. The van der Waals surface area contributed by atoms with Crippen molar-refractivity contribution in [1.29, 1.82) is 0 Å². The lowest BCUT2D eigenvalue weighted by atomic mass is 10.00. The van der Waals surface area contributed by atoms with Crippen LogP contribution in [0.25, 0.3) is 124 Å². The van der Waals surface area contributed by atoms with Crippen molar-refractivity contribution in [3.63, 3.8) is 0 Å². The van der Waals surface area contributed by atoms with E-state index in [9.17, 15) is 52.7 Å². The van der Waals surface area contributed by atoms with E-state index in [1.807, 2.05) is 184 Å². The van der Waals surface area contributed by atoms with E-state index in [1.54, 1.807) is 105 Å². The van der Waals surface area contributed by atoms with Crippen molar-refractivity contribution < 1.29 is 52.7 Å². The van der Waals surface area contributed by atoms with E-state index in [0.29, 0.717) is 134 Å². The molecule has 0 fully saturated rings. The first-order chi connectivity index (χ1) is 63.0. The van der Waals surface area contributed by atoms with Crippen molar-refractivity contribution in [2.45, 2.75) is 73.0 Å². The maximum atomic E-state index is 13.4. The predicted octanol–water partition coefficient (Wildman–Crippen LogP) is 25.8. The van der Waals surface area contributed by atoms with Gasteiger partial charge in [-0.3, -0.25) is 0 Å². The Kier molecular flexibility index (Phi) is 31.0. The van der Waals surface area contributed by atoms with Crippen LogP contribution in [-0.2, 0) is 24.7 Å². The molecule has 0 saturated heterocycles. The minimum atomic E-state index is -4.48. The van der Waals surface area contributed by atoms with Gasteiger partial charge in [0.1, 0.15) is 22.8 Å². The highest BCUT2D eigenvalue weighted by molar-refractivity contribution is 7.98. The van der Waals surface area contributed by atoms with E-state index >= 15 is 0 Å². The highest BCUT2D eigenvalue weighted by Crippen LogP contribution is 2.42. The zero-order valence-corrected chi connectivity index (χ0v) is 72.7. The molecule has 0 spiro atoms. The van der Waals surface area contributed by atoms with Gasteiger partial charge >= 0.3 is 24.7 Å². The Balaban J connectivity index is 0.000000145. The number of aromatic nitrogens is 16. The summed E-state index contributed by atoms with van der Waals surface area (Å²) in [5, 5.41) is 38.9. The van der Waals surface area contributed by atoms with Crippen LogP contribution in [0.3, 0.4) is 0 Å². The van der Waals surface area contributed by atoms with Gasteiger partial charge in [-0.15, -0.1) is 35.7 Å². The van der Waals surface area contributed by atoms with E-state index in [2.05, 4.69) is 86.0 Å². The Labute approximate surface area is 757 Å². The number of nitrogens with two attached hydrogens (primary N) is 1. The Morgan fingerprint density at radius 2 is 0.542 bits per heavy atom. The number of alkyl halides is 12. The lowest BCUT2D eigenvalue weighted by molar-refractivity contribution is -0.138. The van der Waals surface area contributed by atoms with Crippen molar-refractivity contribution in [2.24, 2.45) is 5.73 Å². The molecule has 33 heteroatoms. The third-order valence-corrected chi connectivity index (χ3v) is 21.2. The minimum absolute atomic E-state index is 0.0603. The minimum Gasteiger partial charge on any atom is -0.348 e. The van der Waals surface area contributed by atoms with Crippen molar-refractivity contribution in [3.05, 3.63) is 361 Å². The number of thioether (sulfide) groups is 3. The number of benzene rings is 9. The van der Waals surface area contributed by atoms with Crippen LogP contribution in [0.1, 0.15) is 65.0 Å². The summed E-state index contributed by atoms with van der Waals surface area (Å²) in [4.78, 5) is 35.0. The molecule has 131 heavy (non-hydrogen) atoms. The molecule has 0 unspecified atom stereocenters. The molecule has 9 aromatic carbocycles. The molecule has 0 aliphatic carbocycles. The third kappa shape index (κ3) is 25.1. The summed E-state index contributed by atoms with van der Waals surface area (Å²) in [5.74, 6) is 0.391. The fourth-order valence-electron chi connectivity index (χ4n) is 13.0. The van der Waals surface area contributed by atoms with E-state index in [1.165, 1.54) is 65.1 Å². The maximum absolute atomic E-state index is 13.4. The van der Waals surface area contributed by atoms with Crippen LogP contribution in [0.4, 0.5) is 58.6 Å². The predicted molar refractivity (Wildman–Crippen MR) is 488 cm³/mol. The standard InChI is InChI=1S/C29H22F3N5.2C22H15F3N4S.C17H13F3N4S.C8H11N/c1-19(20-9-4-2-5-10-20)34-28-33-16-15-25(35-28)24-18-26(21-11-6-3-7-12-21)36-37-27(24)22-13-8-14-23(17-22)29(30,31)32;2*1-30-21-26-11-10-18(27-21)17-13-19(14-6-3-2-4-7-14)28-29-20(17)15-8-5-9-16(12-15)22(23,24)25;1-10-8-13(14-6-7-21-16(22-14)25-2)15(24-23-10)11-4-3-5-12(9-11)17(18,19)20;1-7(9)8-5-3-2-4-6-8/h2-19H,1H3,(H,33,34,35);2*2-13H,1H3;3-9H,1-2H3;2-7H,9H2,1H3/t19-;;;;7-/m0...0/s1. The molecule has 660 valence electrons. The summed E-state index contributed by atoms with van der Waals surface area (Å²) in [6.45, 7) is 5.75. The number of nitrogens with zero attached hydrogens (tertiary/aromatic N) is 16. The quantitative estimate of drug-likeness (QED) is 0.0460. The Bertz CT molecular complexity index is 6510. The number of aryl methyl sites for hydroxylation is 1. The fraction of sp³-hybridized carbons (Fsp3) is 0.122. The van der Waals surface area contributed by atoms with Crippen molar-refractivity contribution in [1.82, 2.24) is 80.7 Å². The molecule has 0 amide bonds. The highest BCUT2D eigenvalue weighted by atomic mass is 32.2. The zero-order chi connectivity index (χ0) is 92.8. The fourth-order valence-corrected chi connectivity index (χ4v) is 14.1. The first-order valence-corrected chi connectivity index (χ1v) is 43.6. The number of halogens is 12. The number of nitrogens with one attached hydrogen (secondary N) is 1. The van der Waals surface area contributed by atoms with Crippen LogP contribution in [0.15, 0.2) is 338 Å². The summed E-state index contributed by atoms with van der Waals surface area (Å²) in [7, 11) is 0. The van der Waals surface area contributed by atoms with Crippen LogP contribution < -0.4 is 11.1 Å². The number of hydrogen-bond acceptors (Lipinski definition) is 21. The van der Waals surface area contributed by atoms with Crippen molar-refractivity contribution in [3.8, 4) is 124 Å². The number of hydrogen-bond donors (Lipinski definition) is 2. The molecule has 17 aromatic rings. The van der Waals surface area contributed by atoms with E-state index in [4.69, 9.17) is 5.73 Å². The third-order valence-electron chi connectivity index (χ3n) is 19.5. The molecule has 3 N–H and O–H groups in total. The molecule has 0 bridgehead atoms. The highest BCUT2D eigenvalue weighted by Gasteiger charge is 2.35. The molecule has 2 atom stereocenters. The smallest absolute Gasteiger partial charge is 0.348 e. The summed E-state index contributed by atoms with van der Waals surface area (Å²) < 4.78 is 159. The number of rotatable bonds is 18. The molecular weight excluding hydrogens is 1750 g/mol. The van der Waals surface area contributed by atoms with Crippen LogP contribution in [0.5, 0.6) is 0 Å². The van der Waals surface area contributed by atoms with E-state index in [-0.39, 0.29) is 12.1 Å². The summed E-state index contributed by atoms with van der Waals surface area (Å²) >= 11 is 4.14. The average molecular weight is 1830 g/mol. The monoisotopic (exact) mass is 1830 g/mol. The molecule has 0 aliphatic rings. The molecule has 18 nitrogen and oxygen atoms in total. The SMILES string of the molecule is CSc1nccc(-c2cc(-c3ccccc3)nnc2-c2cccc(C(F)(F)F)c2)n1.CSc1nccc(-c2cc(-c3ccccc3)nnc2-c2cccc(C(F)(F)F)c2)n1.CSc1nccc(-c2cc(C)nnc2-c2cccc(C(F)(F)F)c2)n1.C[C@H](N)c1ccccc1.C[C@H](Nc1nccc(-c2cc(-c3ccccc3)nnc2-c2cccc(C(F)(F)F)c2)n1)c1ccccc1. The van der Waals surface area contributed by atoms with Gasteiger partial charge in [-0.25, -0.2) is 39.9 Å². The van der Waals surface area contributed by atoms with Gasteiger partial charge in [0.05, 0.1) is 73.8 Å². The van der Waals surface area contributed by atoms with Gasteiger partial charge in [0.15, 0.2) is 15.5 Å². The molecule has 17 rings (SSSR count). The average Bonchev–Trinajstić information content (AvgIpc) is 0.809. The topological polar surface area (TPSA) is 244 Å². The second-order valence-electron chi connectivity index (χ2n) is 28.7. The molecular formula is C98H76F12N18S3. The lowest BCUT2D eigenvalue weighted by Crippen LogP contribution is -2.09. The van der Waals surface area contributed by atoms with Gasteiger partial charge in [0.2, 0.25) is 5.95 Å². The van der Waals surface area contributed by atoms with Crippen LogP contribution in [-0.4, -0.2) is 99.4 Å². The van der Waals surface area contributed by atoms with Crippen molar-refractivity contribution in [2.75, 3.05) is 24.1 Å². The zero-order valence-electron chi connectivity index (χ0n) is 70.2. The van der Waals surface area contributed by atoms with Gasteiger partial charge in [-0.05, 0) is 148 Å². The Morgan fingerprint density at radius 1 is 0.275 bits per heavy atom. The molecule has 8 aromatic heterocycles. The van der Waals surface area contributed by atoms with Gasteiger partial charge in [-0.1, -0.05) is 235 Å². The number of anilines is 1. The first-order valence-electron chi connectivity index (χ1n) is 39.9. The van der Waals surface area contributed by atoms with Gasteiger partial charge < -0.3 is 11.1 Å². The molecule has 0 aliphatic heterocycles. The second-order valence-corrected chi connectivity index (χ2v) is 31.0. The van der Waals surface area contributed by atoms with Gasteiger partial charge in [0, 0.05) is 92.0 Å². The van der Waals surface area contributed by atoms with E-state index in [0.717, 1.165) is 70.8 Å². The molecule has 0 radical (unpaired) electrons. The van der Waals surface area contributed by atoms with Crippen molar-refractivity contribution >= 4 is 41.2 Å². The lowest BCUT2D eigenvalue weighted by Gasteiger charge is -2.16. The largest absolute Gasteiger partial charge is 0.416 e.